The molecule has 1 aromatic heterocycles. The summed E-state index contributed by atoms with van der Waals surface area (Å²) >= 11 is 0. The lowest BCUT2D eigenvalue weighted by atomic mass is 10.1. The molecule has 186 valence electrons. The molecule has 0 bridgehead atoms. The van der Waals surface area contributed by atoms with E-state index in [2.05, 4.69) is 14.8 Å². The molecule has 12 heteroatoms. The highest BCUT2D eigenvalue weighted by atomic mass is 16.6. The number of benzene rings is 1. The third-order valence-corrected chi connectivity index (χ3v) is 4.95. The summed E-state index contributed by atoms with van der Waals surface area (Å²) in [6.45, 7) is 1.32. The highest BCUT2D eigenvalue weighted by molar-refractivity contribution is 6.13. The predicted molar refractivity (Wildman–Crippen MR) is 119 cm³/mol. The van der Waals surface area contributed by atoms with Gasteiger partial charge in [-0.1, -0.05) is 0 Å². The van der Waals surface area contributed by atoms with Crippen molar-refractivity contribution < 1.29 is 47.3 Å². The summed E-state index contributed by atoms with van der Waals surface area (Å²) < 4.78 is 31.0. The number of nitrogens with zero attached hydrogens (tertiary/aromatic N) is 1. The van der Waals surface area contributed by atoms with E-state index in [-0.39, 0.29) is 41.0 Å². The number of carbonyl (C=O) groups is 4. The SMILES string of the molecule is COC(=O)c1ccc(CN2C(=O)N/C(=C\c3cc(OC)c(O[C@H](C)C(=O)OC)c(OC)c3)C2=O)o1. The van der Waals surface area contributed by atoms with Crippen LogP contribution in [0.25, 0.3) is 6.08 Å². The zero-order valence-electron chi connectivity index (χ0n) is 19.7. The van der Waals surface area contributed by atoms with Gasteiger partial charge in [-0.3, -0.25) is 9.69 Å². The number of hydrogen-bond donors (Lipinski definition) is 1. The van der Waals surface area contributed by atoms with E-state index < -0.39 is 30.0 Å². The Morgan fingerprint density at radius 3 is 2.29 bits per heavy atom. The van der Waals surface area contributed by atoms with Crippen LogP contribution in [0, 0.1) is 0 Å². The van der Waals surface area contributed by atoms with Gasteiger partial charge in [0.2, 0.25) is 11.5 Å². The molecule has 1 N–H and O–H groups in total. The fourth-order valence-corrected chi connectivity index (χ4v) is 3.20. The van der Waals surface area contributed by atoms with Crippen LogP contribution in [-0.2, 0) is 25.6 Å². The van der Waals surface area contributed by atoms with E-state index in [1.54, 1.807) is 12.1 Å². The summed E-state index contributed by atoms with van der Waals surface area (Å²) in [5.41, 5.74) is 0.448. The third-order valence-electron chi connectivity index (χ3n) is 4.95. The lowest BCUT2D eigenvalue weighted by Gasteiger charge is -2.18. The van der Waals surface area contributed by atoms with Crippen LogP contribution < -0.4 is 19.5 Å². The second-order valence-electron chi connectivity index (χ2n) is 7.17. The number of nitrogens with one attached hydrogen (secondary N) is 1. The zero-order chi connectivity index (χ0) is 25.7. The second kappa shape index (κ2) is 10.6. The first-order valence-electron chi connectivity index (χ1n) is 10.2. The fraction of sp³-hybridized carbons (Fsp3) is 0.304. The Bertz CT molecular complexity index is 1160. The van der Waals surface area contributed by atoms with Gasteiger partial charge < -0.3 is 33.4 Å². The number of carbonyl (C=O) groups excluding carboxylic acids is 4. The summed E-state index contributed by atoms with van der Waals surface area (Å²) in [5, 5.41) is 2.50. The van der Waals surface area contributed by atoms with Gasteiger partial charge in [0.05, 0.1) is 35.0 Å². The highest BCUT2D eigenvalue weighted by Gasteiger charge is 2.34. The van der Waals surface area contributed by atoms with Crippen LogP contribution in [0.1, 0.15) is 28.8 Å². The summed E-state index contributed by atoms with van der Waals surface area (Å²) in [6.07, 6.45) is 0.499. The number of amides is 3. The van der Waals surface area contributed by atoms with Crippen LogP contribution in [0.4, 0.5) is 4.79 Å². The first kappa shape index (κ1) is 25.1. The summed E-state index contributed by atoms with van der Waals surface area (Å²) in [6, 6.07) is 5.29. The molecule has 0 spiro atoms. The highest BCUT2D eigenvalue weighted by Crippen LogP contribution is 2.40. The molecule has 1 aliphatic rings. The number of imide groups is 1. The molecule has 35 heavy (non-hydrogen) atoms. The van der Waals surface area contributed by atoms with Crippen LogP contribution >= 0.6 is 0 Å². The minimum atomic E-state index is -0.933. The van der Waals surface area contributed by atoms with E-state index in [0.717, 1.165) is 4.90 Å². The lowest BCUT2D eigenvalue weighted by Crippen LogP contribution is -2.30. The summed E-state index contributed by atoms with van der Waals surface area (Å²) in [4.78, 5) is 49.5. The maximum absolute atomic E-state index is 12.9. The minimum absolute atomic E-state index is 0.00421. The molecule has 1 aromatic carbocycles. The van der Waals surface area contributed by atoms with Crippen molar-refractivity contribution in [1.29, 1.82) is 0 Å². The van der Waals surface area contributed by atoms with Crippen LogP contribution in [0.3, 0.4) is 0 Å². The molecule has 3 amide bonds. The van der Waals surface area contributed by atoms with Gasteiger partial charge in [0.25, 0.3) is 5.91 Å². The van der Waals surface area contributed by atoms with Gasteiger partial charge in [0.15, 0.2) is 17.6 Å². The monoisotopic (exact) mass is 488 g/mol. The number of rotatable bonds is 9. The van der Waals surface area contributed by atoms with Crippen molar-refractivity contribution in [3.05, 3.63) is 47.0 Å². The molecule has 2 heterocycles. The van der Waals surface area contributed by atoms with Crippen molar-refractivity contribution in [2.75, 3.05) is 28.4 Å². The van der Waals surface area contributed by atoms with Crippen molar-refractivity contribution in [3.63, 3.8) is 0 Å². The topological polar surface area (TPSA) is 143 Å². The zero-order valence-corrected chi connectivity index (χ0v) is 19.7. The van der Waals surface area contributed by atoms with E-state index in [1.807, 2.05) is 0 Å². The van der Waals surface area contributed by atoms with Gasteiger partial charge in [-0.05, 0) is 42.8 Å². The van der Waals surface area contributed by atoms with Gasteiger partial charge in [-0.25, -0.2) is 14.4 Å². The predicted octanol–water partition coefficient (Wildman–Crippen LogP) is 2.12. The maximum atomic E-state index is 12.9. The Labute approximate surface area is 200 Å². The van der Waals surface area contributed by atoms with Gasteiger partial charge in [0, 0.05) is 0 Å². The number of esters is 2. The largest absolute Gasteiger partial charge is 0.493 e. The van der Waals surface area contributed by atoms with Gasteiger partial charge in [-0.2, -0.15) is 0 Å². The van der Waals surface area contributed by atoms with Crippen molar-refractivity contribution in [2.24, 2.45) is 0 Å². The normalized spacial score (nSPS) is 15.0. The number of ether oxygens (including phenoxy) is 5. The minimum Gasteiger partial charge on any atom is -0.493 e. The van der Waals surface area contributed by atoms with Crippen LogP contribution in [0.2, 0.25) is 0 Å². The van der Waals surface area contributed by atoms with Crippen molar-refractivity contribution in [2.45, 2.75) is 19.6 Å². The fourth-order valence-electron chi connectivity index (χ4n) is 3.20. The molecule has 3 rings (SSSR count). The Morgan fingerprint density at radius 2 is 1.71 bits per heavy atom. The standard InChI is InChI=1S/C23H24N2O10/c1-12(21(27)32-4)34-19-17(30-2)9-13(10-18(19)31-3)8-15-20(26)25(23(29)24-15)11-14-6-7-16(35-14)22(28)33-5/h6-10,12H,11H2,1-5H3,(H,24,29)/b15-8-/t12-/m1/s1. The van der Waals surface area contributed by atoms with Crippen molar-refractivity contribution >= 4 is 30.0 Å². The molecule has 12 nitrogen and oxygen atoms in total. The molecule has 2 aromatic rings. The molecule has 0 unspecified atom stereocenters. The average molecular weight is 488 g/mol. The molecule has 1 saturated heterocycles. The molecule has 1 aliphatic heterocycles. The first-order valence-corrected chi connectivity index (χ1v) is 10.2. The molecule has 1 fully saturated rings. The molecule has 1 atom stereocenters. The van der Waals surface area contributed by atoms with E-state index in [4.69, 9.17) is 18.6 Å². The van der Waals surface area contributed by atoms with E-state index >= 15 is 0 Å². The smallest absolute Gasteiger partial charge is 0.373 e. The Hall–Kier alpha value is -4.48. The molecular formula is C23H24N2O10. The average Bonchev–Trinajstić information content (AvgIpc) is 3.43. The lowest BCUT2D eigenvalue weighted by molar-refractivity contribution is -0.148. The summed E-state index contributed by atoms with van der Waals surface area (Å²) in [5.74, 6) is -1.08. The molecule has 0 aliphatic carbocycles. The van der Waals surface area contributed by atoms with E-state index in [9.17, 15) is 19.2 Å². The van der Waals surface area contributed by atoms with Crippen LogP contribution in [0.5, 0.6) is 17.2 Å². The van der Waals surface area contributed by atoms with E-state index in [1.165, 1.54) is 53.6 Å². The van der Waals surface area contributed by atoms with Crippen molar-refractivity contribution in [1.82, 2.24) is 10.2 Å². The Morgan fingerprint density at radius 1 is 1.06 bits per heavy atom. The third kappa shape index (κ3) is 5.37. The molecule has 0 saturated carbocycles. The van der Waals surface area contributed by atoms with Crippen LogP contribution in [-0.4, -0.2) is 63.3 Å². The number of methoxy groups -OCH3 is 4. The van der Waals surface area contributed by atoms with Crippen molar-refractivity contribution in [3.8, 4) is 17.2 Å². The number of furan rings is 1. The quantitative estimate of drug-likeness (QED) is 0.317. The number of hydrogen-bond acceptors (Lipinski definition) is 10. The first-order chi connectivity index (χ1) is 16.7. The van der Waals surface area contributed by atoms with Gasteiger partial charge >= 0.3 is 18.0 Å². The van der Waals surface area contributed by atoms with Gasteiger partial charge in [0.1, 0.15) is 11.5 Å². The van der Waals surface area contributed by atoms with Crippen LogP contribution in [0.15, 0.2) is 34.4 Å². The Kier molecular flexibility index (Phi) is 7.64. The Balaban J connectivity index is 1.85. The maximum Gasteiger partial charge on any atom is 0.373 e. The molecular weight excluding hydrogens is 464 g/mol. The van der Waals surface area contributed by atoms with E-state index in [0.29, 0.717) is 5.56 Å². The van der Waals surface area contributed by atoms with Gasteiger partial charge in [-0.15, -0.1) is 0 Å². The molecule has 0 radical (unpaired) electrons. The second-order valence-corrected chi connectivity index (χ2v) is 7.17. The summed E-state index contributed by atoms with van der Waals surface area (Å²) in [7, 11) is 5.25. The number of urea groups is 1.